The lowest BCUT2D eigenvalue weighted by Crippen LogP contribution is -2.29. The largest absolute Gasteiger partial charge is 0.380 e. The van der Waals surface area contributed by atoms with Crippen LogP contribution in [0.4, 0.5) is 0 Å². The SMILES string of the molecule is CCC(CC)NC1=CCC(C)=CN=C1Cl. The molecule has 0 bridgehead atoms. The zero-order valence-corrected chi connectivity index (χ0v) is 10.4. The van der Waals surface area contributed by atoms with Crippen LogP contribution in [0.1, 0.15) is 40.0 Å². The van der Waals surface area contributed by atoms with Crippen LogP contribution in [0.5, 0.6) is 0 Å². The first kappa shape index (κ1) is 12.3. The number of aliphatic imine (C=N–C) groups is 1. The predicted octanol–water partition coefficient (Wildman–Crippen LogP) is 3.59. The zero-order chi connectivity index (χ0) is 11.3. The first-order valence-corrected chi connectivity index (χ1v) is 5.91. The summed E-state index contributed by atoms with van der Waals surface area (Å²) in [5, 5.41) is 4.00. The van der Waals surface area contributed by atoms with Gasteiger partial charge in [-0.3, -0.25) is 0 Å². The molecule has 1 heterocycles. The van der Waals surface area contributed by atoms with Crippen molar-refractivity contribution in [1.82, 2.24) is 5.32 Å². The lowest BCUT2D eigenvalue weighted by atomic mass is 10.1. The molecule has 2 nitrogen and oxygen atoms in total. The maximum atomic E-state index is 6.09. The van der Waals surface area contributed by atoms with E-state index in [0.717, 1.165) is 25.0 Å². The predicted molar refractivity (Wildman–Crippen MR) is 67.3 cm³/mol. The van der Waals surface area contributed by atoms with E-state index in [1.54, 1.807) is 0 Å². The van der Waals surface area contributed by atoms with E-state index in [0.29, 0.717) is 11.2 Å². The summed E-state index contributed by atoms with van der Waals surface area (Å²) in [6.07, 6.45) is 7.07. The van der Waals surface area contributed by atoms with Crippen molar-refractivity contribution in [3.63, 3.8) is 0 Å². The second-order valence-corrected chi connectivity index (χ2v) is 4.23. The van der Waals surface area contributed by atoms with Gasteiger partial charge in [0.2, 0.25) is 0 Å². The molecule has 0 fully saturated rings. The number of allylic oxidation sites excluding steroid dienone is 3. The van der Waals surface area contributed by atoms with Crippen LogP contribution in [0, 0.1) is 0 Å². The zero-order valence-electron chi connectivity index (χ0n) is 9.68. The minimum Gasteiger partial charge on any atom is -0.380 e. The highest BCUT2D eigenvalue weighted by Crippen LogP contribution is 2.13. The molecular formula is C12H19ClN2. The van der Waals surface area contributed by atoms with Gasteiger partial charge in [-0.25, -0.2) is 4.99 Å². The lowest BCUT2D eigenvalue weighted by molar-refractivity contribution is 0.543. The highest BCUT2D eigenvalue weighted by molar-refractivity contribution is 6.69. The van der Waals surface area contributed by atoms with Gasteiger partial charge in [0.25, 0.3) is 0 Å². The molecule has 0 saturated carbocycles. The molecule has 0 atom stereocenters. The van der Waals surface area contributed by atoms with Gasteiger partial charge in [0.1, 0.15) is 0 Å². The minimum absolute atomic E-state index is 0.485. The van der Waals surface area contributed by atoms with Crippen LogP contribution in [0.15, 0.2) is 28.5 Å². The number of nitrogens with one attached hydrogen (secondary N) is 1. The molecule has 1 aliphatic heterocycles. The Morgan fingerprint density at radius 1 is 1.47 bits per heavy atom. The van der Waals surface area contributed by atoms with Crippen molar-refractivity contribution in [1.29, 1.82) is 0 Å². The average molecular weight is 227 g/mol. The highest BCUT2D eigenvalue weighted by Gasteiger charge is 2.10. The fourth-order valence-electron chi connectivity index (χ4n) is 1.47. The Morgan fingerprint density at radius 2 is 2.13 bits per heavy atom. The van der Waals surface area contributed by atoms with E-state index in [1.165, 1.54) is 5.57 Å². The molecule has 1 N–H and O–H groups in total. The van der Waals surface area contributed by atoms with Crippen LogP contribution in [0.2, 0.25) is 0 Å². The van der Waals surface area contributed by atoms with Crippen molar-refractivity contribution in [3.05, 3.63) is 23.5 Å². The fourth-order valence-corrected chi connectivity index (χ4v) is 1.65. The summed E-state index contributed by atoms with van der Waals surface area (Å²) in [6.45, 7) is 6.41. The number of nitrogens with zero attached hydrogens (tertiary/aromatic N) is 1. The third kappa shape index (κ3) is 3.71. The second-order valence-electron chi connectivity index (χ2n) is 3.88. The Hall–Kier alpha value is -0.760. The first-order chi connectivity index (χ1) is 7.17. The molecule has 0 aromatic carbocycles. The van der Waals surface area contributed by atoms with E-state index in [4.69, 9.17) is 11.6 Å². The van der Waals surface area contributed by atoms with Crippen molar-refractivity contribution < 1.29 is 0 Å². The Morgan fingerprint density at radius 3 is 2.73 bits per heavy atom. The molecule has 0 aliphatic carbocycles. The van der Waals surface area contributed by atoms with Crippen LogP contribution in [0.3, 0.4) is 0 Å². The van der Waals surface area contributed by atoms with Gasteiger partial charge >= 0.3 is 0 Å². The summed E-state index contributed by atoms with van der Waals surface area (Å²) in [7, 11) is 0. The third-order valence-corrected chi connectivity index (χ3v) is 2.90. The lowest BCUT2D eigenvalue weighted by Gasteiger charge is -2.17. The number of halogens is 1. The molecule has 15 heavy (non-hydrogen) atoms. The number of hydrogen-bond acceptors (Lipinski definition) is 2. The molecular weight excluding hydrogens is 208 g/mol. The summed E-state index contributed by atoms with van der Waals surface area (Å²) in [5.41, 5.74) is 2.20. The molecule has 3 heteroatoms. The molecule has 0 amide bonds. The summed E-state index contributed by atoms with van der Waals surface area (Å²) in [5.74, 6) is 0. The Labute approximate surface area is 97.1 Å². The van der Waals surface area contributed by atoms with Crippen LogP contribution >= 0.6 is 11.6 Å². The van der Waals surface area contributed by atoms with E-state index in [1.807, 2.05) is 6.20 Å². The van der Waals surface area contributed by atoms with Gasteiger partial charge in [-0.2, -0.15) is 0 Å². The van der Waals surface area contributed by atoms with E-state index in [-0.39, 0.29) is 0 Å². The molecule has 0 aromatic rings. The Bertz CT molecular complexity index is 299. The molecule has 1 aliphatic rings. The van der Waals surface area contributed by atoms with Gasteiger partial charge in [-0.05, 0) is 26.2 Å². The topological polar surface area (TPSA) is 24.4 Å². The van der Waals surface area contributed by atoms with Crippen LogP contribution < -0.4 is 5.32 Å². The maximum Gasteiger partial charge on any atom is 0.151 e. The molecule has 0 aromatic heterocycles. The molecule has 0 spiro atoms. The smallest absolute Gasteiger partial charge is 0.151 e. The van der Waals surface area contributed by atoms with Gasteiger partial charge in [-0.1, -0.05) is 37.1 Å². The fraction of sp³-hybridized carbons (Fsp3) is 0.583. The number of rotatable bonds is 4. The van der Waals surface area contributed by atoms with Crippen LogP contribution in [0.25, 0.3) is 0 Å². The summed E-state index contributed by atoms with van der Waals surface area (Å²) in [6, 6.07) is 0.485. The van der Waals surface area contributed by atoms with Gasteiger partial charge in [0, 0.05) is 12.2 Å². The summed E-state index contributed by atoms with van der Waals surface area (Å²) in [4.78, 5) is 4.20. The van der Waals surface area contributed by atoms with E-state index >= 15 is 0 Å². The summed E-state index contributed by atoms with van der Waals surface area (Å²) >= 11 is 6.09. The van der Waals surface area contributed by atoms with Crippen molar-refractivity contribution in [2.45, 2.75) is 46.1 Å². The van der Waals surface area contributed by atoms with E-state index in [2.05, 4.69) is 37.2 Å². The molecule has 1 rings (SSSR count). The van der Waals surface area contributed by atoms with Gasteiger partial charge < -0.3 is 5.32 Å². The monoisotopic (exact) mass is 226 g/mol. The first-order valence-electron chi connectivity index (χ1n) is 5.53. The van der Waals surface area contributed by atoms with Crippen LogP contribution in [-0.4, -0.2) is 11.2 Å². The van der Waals surface area contributed by atoms with Gasteiger partial charge in [0.15, 0.2) is 5.17 Å². The van der Waals surface area contributed by atoms with E-state index in [9.17, 15) is 0 Å². The van der Waals surface area contributed by atoms with Crippen LogP contribution in [-0.2, 0) is 0 Å². The minimum atomic E-state index is 0.485. The van der Waals surface area contributed by atoms with E-state index < -0.39 is 0 Å². The quantitative estimate of drug-likeness (QED) is 0.779. The molecule has 84 valence electrons. The maximum absolute atomic E-state index is 6.09. The van der Waals surface area contributed by atoms with Crippen molar-refractivity contribution >= 4 is 16.8 Å². The summed E-state index contributed by atoms with van der Waals surface area (Å²) < 4.78 is 0. The van der Waals surface area contributed by atoms with Gasteiger partial charge in [-0.15, -0.1) is 0 Å². The Kier molecular flexibility index (Phi) is 4.89. The molecule has 0 unspecified atom stereocenters. The standard InChI is InChI=1S/C12H19ClN2/c1-4-10(5-2)15-11-7-6-9(3)8-14-12(11)13/h7-8,10,15H,4-6H2,1-3H3. The van der Waals surface area contributed by atoms with Crippen molar-refractivity contribution in [3.8, 4) is 0 Å². The molecule has 0 saturated heterocycles. The molecule has 0 radical (unpaired) electrons. The van der Waals surface area contributed by atoms with Gasteiger partial charge in [0.05, 0.1) is 5.70 Å². The normalized spacial score (nSPS) is 16.7. The van der Waals surface area contributed by atoms with Crippen molar-refractivity contribution in [2.75, 3.05) is 0 Å². The second kappa shape index (κ2) is 5.96. The van der Waals surface area contributed by atoms with Crippen molar-refractivity contribution in [2.24, 2.45) is 4.99 Å². The average Bonchev–Trinajstić information content (AvgIpc) is 2.40. The number of hydrogen-bond donors (Lipinski definition) is 1. The third-order valence-electron chi connectivity index (χ3n) is 2.59. The highest BCUT2D eigenvalue weighted by atomic mass is 35.5. The Balaban J connectivity index is 2.70.